The van der Waals surface area contributed by atoms with Crippen molar-refractivity contribution >= 4 is 11.9 Å². The maximum absolute atomic E-state index is 12.2. The molecule has 1 aliphatic heterocycles. The molecule has 1 amide bonds. The highest BCUT2D eigenvalue weighted by Gasteiger charge is 2.26. The van der Waals surface area contributed by atoms with Gasteiger partial charge in [-0.2, -0.15) is 0 Å². The quantitative estimate of drug-likeness (QED) is 0.801. The van der Waals surface area contributed by atoms with Gasteiger partial charge >= 0.3 is 5.97 Å². The van der Waals surface area contributed by atoms with Gasteiger partial charge in [0.25, 0.3) is 5.91 Å². The molecule has 1 aromatic carbocycles. The molecule has 1 aliphatic rings. The van der Waals surface area contributed by atoms with Crippen LogP contribution in [-0.2, 0) is 9.53 Å². The van der Waals surface area contributed by atoms with Crippen LogP contribution in [0, 0.1) is 6.92 Å². The van der Waals surface area contributed by atoms with E-state index in [1.807, 2.05) is 24.0 Å². The standard InChI is InChI=1S/C17H23NO3/c1-3-14-9-6-7-11-18(14)16(19)12-21-17(20)15-10-5-4-8-13(15)2/h4-5,8,10,14H,3,6-7,9,11-12H2,1-2H3. The number of carbonyl (C=O) groups is 2. The highest BCUT2D eigenvalue weighted by atomic mass is 16.5. The van der Waals surface area contributed by atoms with Crippen molar-refractivity contribution in [2.24, 2.45) is 0 Å². The Morgan fingerprint density at radius 1 is 1.29 bits per heavy atom. The number of hydrogen-bond donors (Lipinski definition) is 0. The molecule has 0 radical (unpaired) electrons. The van der Waals surface area contributed by atoms with E-state index < -0.39 is 5.97 Å². The predicted molar refractivity (Wildman–Crippen MR) is 81.1 cm³/mol. The largest absolute Gasteiger partial charge is 0.452 e. The van der Waals surface area contributed by atoms with E-state index in [0.29, 0.717) is 11.6 Å². The van der Waals surface area contributed by atoms with Crippen molar-refractivity contribution in [2.45, 2.75) is 45.6 Å². The van der Waals surface area contributed by atoms with E-state index >= 15 is 0 Å². The van der Waals surface area contributed by atoms with Crippen LogP contribution in [0.25, 0.3) is 0 Å². The fourth-order valence-corrected chi connectivity index (χ4v) is 2.84. The Balaban J connectivity index is 1.91. The van der Waals surface area contributed by atoms with Gasteiger partial charge in [-0.1, -0.05) is 25.1 Å². The summed E-state index contributed by atoms with van der Waals surface area (Å²) in [7, 11) is 0. The molecule has 114 valence electrons. The summed E-state index contributed by atoms with van der Waals surface area (Å²) in [5.74, 6) is -0.505. The van der Waals surface area contributed by atoms with Crippen molar-refractivity contribution in [1.82, 2.24) is 4.90 Å². The summed E-state index contributed by atoms with van der Waals surface area (Å²) in [6.07, 6.45) is 4.21. The Hall–Kier alpha value is -1.84. The van der Waals surface area contributed by atoms with Crippen LogP contribution in [0.2, 0.25) is 0 Å². The number of carbonyl (C=O) groups excluding carboxylic acids is 2. The summed E-state index contributed by atoms with van der Waals surface area (Å²) >= 11 is 0. The number of rotatable bonds is 4. The molecule has 0 bridgehead atoms. The topological polar surface area (TPSA) is 46.6 Å². The van der Waals surface area contributed by atoms with Gasteiger partial charge in [0, 0.05) is 12.6 Å². The van der Waals surface area contributed by atoms with E-state index in [1.54, 1.807) is 12.1 Å². The third kappa shape index (κ3) is 3.84. The van der Waals surface area contributed by atoms with Gasteiger partial charge in [-0.15, -0.1) is 0 Å². The van der Waals surface area contributed by atoms with Gasteiger partial charge in [-0.3, -0.25) is 4.79 Å². The van der Waals surface area contributed by atoms with Crippen LogP contribution in [0.5, 0.6) is 0 Å². The average molecular weight is 289 g/mol. The lowest BCUT2D eigenvalue weighted by molar-refractivity contribution is -0.138. The number of nitrogens with zero attached hydrogens (tertiary/aromatic N) is 1. The number of hydrogen-bond acceptors (Lipinski definition) is 3. The van der Waals surface area contributed by atoms with E-state index in [4.69, 9.17) is 4.74 Å². The first-order valence-corrected chi connectivity index (χ1v) is 7.65. The van der Waals surface area contributed by atoms with Gasteiger partial charge in [0.15, 0.2) is 6.61 Å². The zero-order chi connectivity index (χ0) is 15.2. The molecular weight excluding hydrogens is 266 g/mol. The minimum Gasteiger partial charge on any atom is -0.452 e. The van der Waals surface area contributed by atoms with E-state index in [2.05, 4.69) is 6.92 Å². The maximum atomic E-state index is 12.2. The lowest BCUT2D eigenvalue weighted by Crippen LogP contribution is -2.45. The van der Waals surface area contributed by atoms with Crippen molar-refractivity contribution in [2.75, 3.05) is 13.2 Å². The highest BCUT2D eigenvalue weighted by molar-refractivity contribution is 5.92. The summed E-state index contributed by atoms with van der Waals surface area (Å²) in [6, 6.07) is 7.54. The Kier molecular flexibility index (Phi) is 5.37. The summed E-state index contributed by atoms with van der Waals surface area (Å²) in [6.45, 7) is 4.56. The summed E-state index contributed by atoms with van der Waals surface area (Å²) in [5, 5.41) is 0. The highest BCUT2D eigenvalue weighted by Crippen LogP contribution is 2.19. The lowest BCUT2D eigenvalue weighted by atomic mass is 10.00. The van der Waals surface area contributed by atoms with Crippen LogP contribution >= 0.6 is 0 Å². The molecule has 0 N–H and O–H groups in total. The molecular formula is C17H23NO3. The summed E-state index contributed by atoms with van der Waals surface area (Å²) in [4.78, 5) is 26.1. The van der Waals surface area contributed by atoms with Crippen molar-refractivity contribution in [3.63, 3.8) is 0 Å². The van der Waals surface area contributed by atoms with Gasteiger partial charge in [0.05, 0.1) is 5.56 Å². The Morgan fingerprint density at radius 3 is 2.76 bits per heavy atom. The Bertz CT molecular complexity index is 513. The first-order chi connectivity index (χ1) is 10.1. The molecule has 0 saturated carbocycles. The fourth-order valence-electron chi connectivity index (χ4n) is 2.84. The van der Waals surface area contributed by atoms with Crippen LogP contribution in [0.4, 0.5) is 0 Å². The number of likely N-dealkylation sites (tertiary alicyclic amines) is 1. The van der Waals surface area contributed by atoms with Gasteiger partial charge < -0.3 is 9.64 Å². The number of amides is 1. The van der Waals surface area contributed by atoms with Gasteiger partial charge in [-0.25, -0.2) is 4.79 Å². The van der Waals surface area contributed by atoms with Crippen LogP contribution in [0.3, 0.4) is 0 Å². The molecule has 1 saturated heterocycles. The van der Waals surface area contributed by atoms with Crippen molar-refractivity contribution in [3.8, 4) is 0 Å². The maximum Gasteiger partial charge on any atom is 0.338 e. The molecule has 1 heterocycles. The molecule has 1 fully saturated rings. The number of aryl methyl sites for hydroxylation is 1. The Morgan fingerprint density at radius 2 is 2.05 bits per heavy atom. The lowest BCUT2D eigenvalue weighted by Gasteiger charge is -2.35. The van der Waals surface area contributed by atoms with Crippen molar-refractivity contribution < 1.29 is 14.3 Å². The van der Waals surface area contributed by atoms with E-state index in [0.717, 1.165) is 31.4 Å². The fraction of sp³-hybridized carbons (Fsp3) is 0.529. The van der Waals surface area contributed by atoms with Crippen LogP contribution in [0.1, 0.15) is 48.5 Å². The molecule has 0 spiro atoms. The van der Waals surface area contributed by atoms with E-state index in [-0.39, 0.29) is 12.5 Å². The molecule has 1 unspecified atom stereocenters. The third-order valence-corrected chi connectivity index (χ3v) is 4.11. The molecule has 0 aromatic heterocycles. The van der Waals surface area contributed by atoms with Gasteiger partial charge in [-0.05, 0) is 44.2 Å². The zero-order valence-electron chi connectivity index (χ0n) is 12.8. The molecule has 4 nitrogen and oxygen atoms in total. The number of benzene rings is 1. The molecule has 21 heavy (non-hydrogen) atoms. The molecule has 2 rings (SSSR count). The van der Waals surface area contributed by atoms with Gasteiger partial charge in [0.1, 0.15) is 0 Å². The average Bonchev–Trinajstić information content (AvgIpc) is 2.52. The Labute approximate surface area is 126 Å². The second-order valence-electron chi connectivity index (χ2n) is 5.54. The second-order valence-corrected chi connectivity index (χ2v) is 5.54. The number of esters is 1. The number of piperidine rings is 1. The van der Waals surface area contributed by atoms with Crippen molar-refractivity contribution in [3.05, 3.63) is 35.4 Å². The van der Waals surface area contributed by atoms with E-state index in [1.165, 1.54) is 6.42 Å². The summed E-state index contributed by atoms with van der Waals surface area (Å²) < 4.78 is 5.19. The molecule has 1 aromatic rings. The monoisotopic (exact) mass is 289 g/mol. The van der Waals surface area contributed by atoms with Gasteiger partial charge in [0.2, 0.25) is 0 Å². The predicted octanol–water partition coefficient (Wildman–Crippen LogP) is 2.94. The first kappa shape index (κ1) is 15.5. The summed E-state index contributed by atoms with van der Waals surface area (Å²) in [5.41, 5.74) is 1.38. The van der Waals surface area contributed by atoms with Crippen LogP contribution < -0.4 is 0 Å². The minimum absolute atomic E-state index is 0.0801. The molecule has 0 aliphatic carbocycles. The minimum atomic E-state index is -0.425. The van der Waals surface area contributed by atoms with Crippen LogP contribution in [0.15, 0.2) is 24.3 Å². The second kappa shape index (κ2) is 7.25. The first-order valence-electron chi connectivity index (χ1n) is 7.65. The van der Waals surface area contributed by atoms with E-state index in [9.17, 15) is 9.59 Å². The van der Waals surface area contributed by atoms with Crippen LogP contribution in [-0.4, -0.2) is 36.0 Å². The van der Waals surface area contributed by atoms with Crippen molar-refractivity contribution in [1.29, 1.82) is 0 Å². The number of ether oxygens (including phenoxy) is 1. The zero-order valence-corrected chi connectivity index (χ0v) is 12.8. The molecule has 4 heteroatoms. The SMILES string of the molecule is CCC1CCCCN1C(=O)COC(=O)c1ccccc1C. The third-order valence-electron chi connectivity index (χ3n) is 4.11. The smallest absolute Gasteiger partial charge is 0.338 e. The normalized spacial score (nSPS) is 18.4. The molecule has 1 atom stereocenters.